The summed E-state index contributed by atoms with van der Waals surface area (Å²) in [5.41, 5.74) is 4.03. The van der Waals surface area contributed by atoms with Crippen LogP contribution in [0.15, 0.2) is 30.3 Å². The number of halogens is 1. The number of nitrogens with one attached hydrogen (secondary N) is 1. The smallest absolute Gasteiger partial charge is 0.253 e. The Morgan fingerprint density at radius 2 is 2.07 bits per heavy atom. The predicted octanol–water partition coefficient (Wildman–Crippen LogP) is 4.09. The molecule has 0 saturated heterocycles. The van der Waals surface area contributed by atoms with Crippen LogP contribution in [0.4, 0.5) is 0 Å². The number of pyridine rings is 1. The molecule has 1 aliphatic heterocycles. The molecular weight excluding hydrogens is 360 g/mol. The van der Waals surface area contributed by atoms with Crippen molar-refractivity contribution in [1.29, 1.82) is 0 Å². The quantitative estimate of drug-likeness (QED) is 0.739. The highest BCUT2D eigenvalue weighted by molar-refractivity contribution is 6.31. The molecule has 4 rings (SSSR count). The zero-order valence-corrected chi connectivity index (χ0v) is 16.2. The van der Waals surface area contributed by atoms with Gasteiger partial charge in [-0.1, -0.05) is 36.2 Å². The first-order chi connectivity index (χ1) is 13.1. The van der Waals surface area contributed by atoms with E-state index in [2.05, 4.69) is 14.9 Å². The largest absolute Gasteiger partial charge is 0.352 e. The highest BCUT2D eigenvalue weighted by Crippen LogP contribution is 2.24. The van der Waals surface area contributed by atoms with Crippen LogP contribution in [0.3, 0.4) is 0 Å². The summed E-state index contributed by atoms with van der Waals surface area (Å²) in [6.45, 7) is 3.38. The van der Waals surface area contributed by atoms with E-state index in [4.69, 9.17) is 16.6 Å². The Morgan fingerprint density at radius 3 is 2.93 bits per heavy atom. The summed E-state index contributed by atoms with van der Waals surface area (Å²) in [6, 6.07) is 9.54. The molecule has 5 nitrogen and oxygen atoms in total. The van der Waals surface area contributed by atoms with Gasteiger partial charge in [0.05, 0.1) is 5.56 Å². The number of amides is 1. The van der Waals surface area contributed by atoms with Crippen LogP contribution >= 0.6 is 11.6 Å². The lowest BCUT2D eigenvalue weighted by atomic mass is 10.1. The number of nitrogens with zero attached hydrogens (tertiary/aromatic N) is 3. The molecule has 1 N–H and O–H groups in total. The average Bonchev–Trinajstić information content (AvgIpc) is 2.84. The number of fused-ring (bicyclic) bond motifs is 3. The van der Waals surface area contributed by atoms with Crippen LogP contribution in [0.5, 0.6) is 0 Å². The lowest BCUT2D eigenvalue weighted by molar-refractivity contribution is 0.0955. The molecule has 1 amide bonds. The van der Waals surface area contributed by atoms with Crippen molar-refractivity contribution in [3.63, 3.8) is 0 Å². The van der Waals surface area contributed by atoms with Crippen LogP contribution in [0.2, 0.25) is 5.02 Å². The molecule has 0 saturated carbocycles. The van der Waals surface area contributed by atoms with Gasteiger partial charge in [-0.3, -0.25) is 4.79 Å². The van der Waals surface area contributed by atoms with Crippen LogP contribution in [0, 0.1) is 6.92 Å². The van der Waals surface area contributed by atoms with Crippen molar-refractivity contribution in [2.24, 2.45) is 0 Å². The molecule has 0 atom stereocenters. The number of aromatic nitrogens is 3. The topological polar surface area (TPSA) is 59.8 Å². The van der Waals surface area contributed by atoms with Gasteiger partial charge in [0.1, 0.15) is 11.3 Å². The van der Waals surface area contributed by atoms with Crippen molar-refractivity contribution in [3.8, 4) is 0 Å². The van der Waals surface area contributed by atoms with Crippen LogP contribution in [-0.4, -0.2) is 27.0 Å². The molecule has 27 heavy (non-hydrogen) atoms. The van der Waals surface area contributed by atoms with Gasteiger partial charge in [0.15, 0.2) is 5.65 Å². The van der Waals surface area contributed by atoms with Crippen molar-refractivity contribution >= 4 is 28.7 Å². The molecule has 1 aromatic carbocycles. The lowest BCUT2D eigenvalue weighted by Crippen LogP contribution is -2.26. The third kappa shape index (κ3) is 3.69. The number of rotatable bonds is 4. The normalized spacial score (nSPS) is 14.0. The maximum atomic E-state index is 12.8. The van der Waals surface area contributed by atoms with Gasteiger partial charge in [-0.05, 0) is 43.9 Å². The van der Waals surface area contributed by atoms with Crippen LogP contribution in [-0.2, 0) is 19.4 Å². The number of hydrogen-bond acceptors (Lipinski definition) is 3. The number of imidazole rings is 1. The Kier molecular flexibility index (Phi) is 5.12. The van der Waals surface area contributed by atoms with Gasteiger partial charge in [-0.25, -0.2) is 9.97 Å². The van der Waals surface area contributed by atoms with Crippen molar-refractivity contribution in [3.05, 3.63) is 58.0 Å². The van der Waals surface area contributed by atoms with Crippen molar-refractivity contribution in [2.45, 2.75) is 45.6 Å². The van der Waals surface area contributed by atoms with Crippen molar-refractivity contribution in [2.75, 3.05) is 6.54 Å². The second-order valence-corrected chi connectivity index (χ2v) is 7.48. The molecule has 0 fully saturated rings. The molecule has 2 aromatic heterocycles. The van der Waals surface area contributed by atoms with E-state index >= 15 is 0 Å². The van der Waals surface area contributed by atoms with E-state index in [1.165, 1.54) is 6.42 Å². The molecule has 6 heteroatoms. The minimum atomic E-state index is -0.106. The zero-order valence-electron chi connectivity index (χ0n) is 15.5. The molecule has 3 aromatic rings. The molecule has 3 heterocycles. The molecule has 0 spiro atoms. The van der Waals surface area contributed by atoms with E-state index in [9.17, 15) is 4.79 Å². The molecule has 0 radical (unpaired) electrons. The molecule has 140 valence electrons. The van der Waals surface area contributed by atoms with E-state index < -0.39 is 0 Å². The van der Waals surface area contributed by atoms with E-state index in [0.717, 1.165) is 53.6 Å². The van der Waals surface area contributed by atoms with Crippen LogP contribution in [0.1, 0.15) is 46.7 Å². The van der Waals surface area contributed by atoms with E-state index in [0.29, 0.717) is 24.0 Å². The molecular formula is C21H23ClN4O. The number of carbonyl (C=O) groups is 1. The summed E-state index contributed by atoms with van der Waals surface area (Å²) in [7, 11) is 0. The maximum Gasteiger partial charge on any atom is 0.253 e. The highest BCUT2D eigenvalue weighted by Gasteiger charge is 2.20. The Morgan fingerprint density at radius 1 is 1.22 bits per heavy atom. The Bertz CT molecular complexity index is 995. The van der Waals surface area contributed by atoms with Gasteiger partial charge in [0.2, 0.25) is 0 Å². The zero-order chi connectivity index (χ0) is 18.8. The first-order valence-electron chi connectivity index (χ1n) is 9.52. The lowest BCUT2D eigenvalue weighted by Gasteiger charge is -2.09. The SMILES string of the molecule is Cc1cc(C(=O)NCCc2ccccc2Cl)c2nc3n(c2n1)CCCCC3. The van der Waals surface area contributed by atoms with Gasteiger partial charge in [-0.2, -0.15) is 0 Å². The number of carbonyl (C=O) groups excluding carboxylic acids is 1. The first kappa shape index (κ1) is 18.0. The number of benzene rings is 1. The molecule has 0 aliphatic carbocycles. The highest BCUT2D eigenvalue weighted by atomic mass is 35.5. The second-order valence-electron chi connectivity index (χ2n) is 7.07. The molecule has 0 unspecified atom stereocenters. The standard InChI is InChI=1S/C21H23ClN4O/c1-14-13-16(21(27)23-11-10-15-7-4-5-8-17(15)22)19-20(24-14)26-12-6-2-3-9-18(26)25-19/h4-5,7-8,13H,2-3,6,9-12H2,1H3,(H,23,27). The van der Waals surface area contributed by atoms with E-state index in [1.807, 2.05) is 37.3 Å². The molecule has 0 bridgehead atoms. The summed E-state index contributed by atoms with van der Waals surface area (Å²) < 4.78 is 2.19. The average molecular weight is 383 g/mol. The Labute approximate surface area is 163 Å². The van der Waals surface area contributed by atoms with E-state index in [1.54, 1.807) is 0 Å². The fourth-order valence-corrected chi connectivity index (χ4v) is 3.93. The summed E-state index contributed by atoms with van der Waals surface area (Å²) in [6.07, 6.45) is 5.13. The minimum Gasteiger partial charge on any atom is -0.352 e. The predicted molar refractivity (Wildman–Crippen MR) is 107 cm³/mol. The van der Waals surface area contributed by atoms with Crippen molar-refractivity contribution in [1.82, 2.24) is 19.9 Å². The van der Waals surface area contributed by atoms with Gasteiger partial charge in [0, 0.05) is 30.2 Å². The number of hydrogen-bond donors (Lipinski definition) is 1. The summed E-state index contributed by atoms with van der Waals surface area (Å²) >= 11 is 6.19. The number of aryl methyl sites for hydroxylation is 3. The van der Waals surface area contributed by atoms with Gasteiger partial charge in [0.25, 0.3) is 5.91 Å². The summed E-state index contributed by atoms with van der Waals surface area (Å²) in [5.74, 6) is 0.941. The monoisotopic (exact) mass is 382 g/mol. The van der Waals surface area contributed by atoms with Crippen molar-refractivity contribution < 1.29 is 4.79 Å². The summed E-state index contributed by atoms with van der Waals surface area (Å²) in [5, 5.41) is 3.74. The fraction of sp³-hybridized carbons (Fsp3) is 0.381. The Balaban J connectivity index is 1.57. The minimum absolute atomic E-state index is 0.106. The maximum absolute atomic E-state index is 12.8. The second kappa shape index (κ2) is 7.69. The third-order valence-corrected chi connectivity index (χ3v) is 5.44. The van der Waals surface area contributed by atoms with Crippen LogP contribution in [0.25, 0.3) is 11.2 Å². The fourth-order valence-electron chi connectivity index (χ4n) is 3.70. The summed E-state index contributed by atoms with van der Waals surface area (Å²) in [4.78, 5) is 22.3. The van der Waals surface area contributed by atoms with Gasteiger partial charge >= 0.3 is 0 Å². The Hall–Kier alpha value is -2.40. The van der Waals surface area contributed by atoms with E-state index in [-0.39, 0.29) is 5.91 Å². The van der Waals surface area contributed by atoms with Crippen LogP contribution < -0.4 is 5.32 Å². The molecule has 1 aliphatic rings. The first-order valence-corrected chi connectivity index (χ1v) is 9.89. The third-order valence-electron chi connectivity index (χ3n) is 5.07. The van der Waals surface area contributed by atoms with Gasteiger partial charge in [-0.15, -0.1) is 0 Å². The van der Waals surface area contributed by atoms with Gasteiger partial charge < -0.3 is 9.88 Å².